The van der Waals surface area contributed by atoms with Crippen LogP contribution in [-0.4, -0.2) is 10.9 Å². The molecule has 0 saturated carbocycles. The van der Waals surface area contributed by atoms with Crippen molar-refractivity contribution in [1.82, 2.24) is 4.98 Å². The number of anilines is 1. The molecule has 0 aliphatic rings. The maximum atomic E-state index is 12.5. The predicted molar refractivity (Wildman–Crippen MR) is 92.2 cm³/mol. The maximum Gasteiger partial charge on any atom is 0.349 e. The van der Waals surface area contributed by atoms with Gasteiger partial charge in [-0.05, 0) is 36.4 Å². The number of para-hydroxylation sites is 1. The van der Waals surface area contributed by atoms with Gasteiger partial charge in [-0.1, -0.05) is 24.3 Å². The summed E-state index contributed by atoms with van der Waals surface area (Å²) in [6.45, 7) is 0. The fourth-order valence-corrected chi connectivity index (χ4v) is 2.62. The Morgan fingerprint density at radius 3 is 2.79 bits per heavy atom. The first-order chi connectivity index (χ1) is 11.7. The highest BCUT2D eigenvalue weighted by Gasteiger charge is 2.15. The summed E-state index contributed by atoms with van der Waals surface area (Å²) in [4.78, 5) is 28.9. The molecule has 0 unspecified atom stereocenters. The second-order valence-corrected chi connectivity index (χ2v) is 5.32. The number of benzene rings is 2. The number of fused-ring (bicyclic) bond motifs is 2. The zero-order valence-corrected chi connectivity index (χ0v) is 12.5. The smallest absolute Gasteiger partial charge is 0.349 e. The summed E-state index contributed by atoms with van der Waals surface area (Å²) in [7, 11) is 0. The van der Waals surface area contributed by atoms with Crippen LogP contribution in [0.5, 0.6) is 0 Å². The largest absolute Gasteiger partial charge is 0.422 e. The molecule has 0 saturated heterocycles. The molecule has 0 spiro atoms. The number of carbonyl (C=O) groups is 1. The van der Waals surface area contributed by atoms with Crippen LogP contribution in [0.4, 0.5) is 5.69 Å². The van der Waals surface area contributed by atoms with Crippen molar-refractivity contribution >= 4 is 33.5 Å². The van der Waals surface area contributed by atoms with Gasteiger partial charge < -0.3 is 9.73 Å². The Hall–Kier alpha value is -3.47. The van der Waals surface area contributed by atoms with E-state index in [1.54, 1.807) is 48.7 Å². The Labute approximate surface area is 136 Å². The average molecular weight is 316 g/mol. The minimum atomic E-state index is -0.662. The van der Waals surface area contributed by atoms with Crippen LogP contribution in [0, 0.1) is 0 Å². The number of carbonyl (C=O) groups excluding carboxylic acids is 1. The third-order valence-electron chi connectivity index (χ3n) is 3.78. The van der Waals surface area contributed by atoms with Gasteiger partial charge in [-0.25, -0.2) is 4.79 Å². The second-order valence-electron chi connectivity index (χ2n) is 5.32. The third kappa shape index (κ3) is 2.42. The van der Waals surface area contributed by atoms with Gasteiger partial charge in [0.25, 0.3) is 5.91 Å². The summed E-state index contributed by atoms with van der Waals surface area (Å²) in [5, 5.41) is 4.27. The van der Waals surface area contributed by atoms with Gasteiger partial charge in [-0.2, -0.15) is 0 Å². The molecule has 1 amide bonds. The topological polar surface area (TPSA) is 72.2 Å². The fourth-order valence-electron chi connectivity index (χ4n) is 2.62. The first kappa shape index (κ1) is 14.1. The van der Waals surface area contributed by atoms with Gasteiger partial charge in [0.15, 0.2) is 0 Å². The Bertz CT molecular complexity index is 1130. The van der Waals surface area contributed by atoms with E-state index in [1.165, 1.54) is 0 Å². The first-order valence-corrected chi connectivity index (χ1v) is 7.40. The van der Waals surface area contributed by atoms with E-state index in [0.29, 0.717) is 16.7 Å². The molecule has 24 heavy (non-hydrogen) atoms. The van der Waals surface area contributed by atoms with Crippen molar-refractivity contribution in [2.45, 2.75) is 0 Å². The molecule has 1 N–H and O–H groups in total. The van der Waals surface area contributed by atoms with Crippen molar-refractivity contribution < 1.29 is 9.21 Å². The molecule has 0 bridgehead atoms. The van der Waals surface area contributed by atoms with E-state index in [9.17, 15) is 9.59 Å². The predicted octanol–water partition coefficient (Wildman–Crippen LogP) is 3.59. The van der Waals surface area contributed by atoms with Crippen molar-refractivity contribution in [1.29, 1.82) is 0 Å². The van der Waals surface area contributed by atoms with Gasteiger partial charge in [0.1, 0.15) is 11.1 Å². The number of nitrogens with zero attached hydrogens (tertiary/aromatic N) is 1. The maximum absolute atomic E-state index is 12.5. The number of rotatable bonds is 2. The normalized spacial score (nSPS) is 10.8. The number of hydrogen-bond donors (Lipinski definition) is 1. The van der Waals surface area contributed by atoms with Crippen LogP contribution in [0.2, 0.25) is 0 Å². The third-order valence-corrected chi connectivity index (χ3v) is 3.78. The molecular formula is C19H12N2O3. The molecule has 0 fully saturated rings. The van der Waals surface area contributed by atoms with Crippen LogP contribution >= 0.6 is 0 Å². The molecule has 2 aromatic heterocycles. The number of pyridine rings is 1. The SMILES string of the molecule is O=C(Nc1cccc2ncccc12)c1cc2ccccc2oc1=O. The number of amides is 1. The van der Waals surface area contributed by atoms with E-state index in [4.69, 9.17) is 4.42 Å². The second kappa shape index (κ2) is 5.62. The quantitative estimate of drug-likeness (QED) is 0.574. The summed E-state index contributed by atoms with van der Waals surface area (Å²) < 4.78 is 5.21. The zero-order valence-electron chi connectivity index (χ0n) is 12.5. The van der Waals surface area contributed by atoms with Crippen molar-refractivity contribution in [3.05, 3.63) is 82.8 Å². The fraction of sp³-hybridized carbons (Fsp3) is 0. The molecule has 4 aromatic rings. The van der Waals surface area contributed by atoms with Gasteiger partial charge in [-0.3, -0.25) is 9.78 Å². The van der Waals surface area contributed by atoms with Crippen molar-refractivity contribution in [3.63, 3.8) is 0 Å². The van der Waals surface area contributed by atoms with Gasteiger partial charge in [0.2, 0.25) is 0 Å². The highest BCUT2D eigenvalue weighted by molar-refractivity contribution is 6.09. The number of aromatic nitrogens is 1. The van der Waals surface area contributed by atoms with E-state index < -0.39 is 11.5 Å². The molecule has 4 rings (SSSR count). The lowest BCUT2D eigenvalue weighted by molar-refractivity contribution is 0.102. The van der Waals surface area contributed by atoms with Crippen LogP contribution in [0.25, 0.3) is 21.9 Å². The standard InChI is InChI=1S/C19H12N2O3/c22-18(14-11-12-5-1-2-9-17(12)24-19(14)23)21-16-8-3-7-15-13(16)6-4-10-20-15/h1-11H,(H,21,22). The van der Waals surface area contributed by atoms with Crippen molar-refractivity contribution in [2.24, 2.45) is 0 Å². The molecule has 5 heteroatoms. The van der Waals surface area contributed by atoms with Crippen LogP contribution in [0.1, 0.15) is 10.4 Å². The summed E-state index contributed by atoms with van der Waals surface area (Å²) in [5.41, 5.74) is 1.12. The van der Waals surface area contributed by atoms with Crippen LogP contribution in [0.15, 0.2) is 76.1 Å². The summed E-state index contributed by atoms with van der Waals surface area (Å²) in [6.07, 6.45) is 1.69. The van der Waals surface area contributed by atoms with Crippen LogP contribution in [0.3, 0.4) is 0 Å². The lowest BCUT2D eigenvalue weighted by Gasteiger charge is -2.08. The van der Waals surface area contributed by atoms with E-state index in [1.807, 2.05) is 18.2 Å². The summed E-state index contributed by atoms with van der Waals surface area (Å²) >= 11 is 0. The lowest BCUT2D eigenvalue weighted by Crippen LogP contribution is -2.20. The number of nitrogens with one attached hydrogen (secondary N) is 1. The highest BCUT2D eigenvalue weighted by atomic mass is 16.4. The van der Waals surface area contributed by atoms with Crippen LogP contribution < -0.4 is 10.9 Å². The number of hydrogen-bond acceptors (Lipinski definition) is 4. The Morgan fingerprint density at radius 1 is 1.00 bits per heavy atom. The Kier molecular flexibility index (Phi) is 3.31. The summed E-state index contributed by atoms with van der Waals surface area (Å²) in [5.74, 6) is -0.508. The molecule has 0 radical (unpaired) electrons. The van der Waals surface area contributed by atoms with E-state index in [-0.39, 0.29) is 5.56 Å². The zero-order chi connectivity index (χ0) is 16.5. The Balaban J connectivity index is 1.76. The van der Waals surface area contributed by atoms with Gasteiger partial charge in [-0.15, -0.1) is 0 Å². The van der Waals surface area contributed by atoms with E-state index in [2.05, 4.69) is 10.3 Å². The Morgan fingerprint density at radius 2 is 1.88 bits per heavy atom. The van der Waals surface area contributed by atoms with Crippen LogP contribution in [-0.2, 0) is 0 Å². The van der Waals surface area contributed by atoms with Gasteiger partial charge in [0, 0.05) is 17.0 Å². The average Bonchev–Trinajstić information content (AvgIpc) is 2.61. The molecular weight excluding hydrogens is 304 g/mol. The first-order valence-electron chi connectivity index (χ1n) is 7.40. The van der Waals surface area contributed by atoms with Crippen molar-refractivity contribution in [3.8, 4) is 0 Å². The van der Waals surface area contributed by atoms with E-state index in [0.717, 1.165) is 10.9 Å². The minimum Gasteiger partial charge on any atom is -0.422 e. The molecule has 0 aliphatic heterocycles. The highest BCUT2D eigenvalue weighted by Crippen LogP contribution is 2.22. The van der Waals surface area contributed by atoms with E-state index >= 15 is 0 Å². The summed E-state index contributed by atoms with van der Waals surface area (Å²) in [6, 6.07) is 17.7. The minimum absolute atomic E-state index is 0.0328. The molecule has 2 heterocycles. The lowest BCUT2D eigenvalue weighted by atomic mass is 10.1. The van der Waals surface area contributed by atoms with Gasteiger partial charge >= 0.3 is 5.63 Å². The molecule has 0 aliphatic carbocycles. The molecule has 116 valence electrons. The van der Waals surface area contributed by atoms with Crippen molar-refractivity contribution in [2.75, 3.05) is 5.32 Å². The monoisotopic (exact) mass is 316 g/mol. The molecule has 0 atom stereocenters. The molecule has 2 aromatic carbocycles. The molecule has 5 nitrogen and oxygen atoms in total. The van der Waals surface area contributed by atoms with Gasteiger partial charge in [0.05, 0.1) is 11.2 Å².